The molecule has 1 aromatic rings. The fraction of sp³-hybridized carbons (Fsp3) is 0.500. The van der Waals surface area contributed by atoms with Crippen molar-refractivity contribution in [3.05, 3.63) is 35.4 Å². The Bertz CT molecular complexity index is 418. The fourth-order valence-electron chi connectivity index (χ4n) is 1.63. The van der Waals surface area contributed by atoms with Gasteiger partial charge in [0.05, 0.1) is 5.56 Å². The second-order valence-corrected chi connectivity index (χ2v) is 4.97. The lowest BCUT2D eigenvalue weighted by molar-refractivity contribution is 0.0932. The quantitative estimate of drug-likeness (QED) is 0.857. The molecule has 18 heavy (non-hydrogen) atoms. The molecule has 0 aromatic heterocycles. The van der Waals surface area contributed by atoms with E-state index in [-0.39, 0.29) is 11.6 Å². The van der Waals surface area contributed by atoms with E-state index in [0.29, 0.717) is 5.92 Å². The van der Waals surface area contributed by atoms with Crippen LogP contribution in [0.15, 0.2) is 18.2 Å². The summed E-state index contributed by atoms with van der Waals surface area (Å²) in [6, 6.07) is 2.82. The minimum atomic E-state index is -0.704. The zero-order valence-electron chi connectivity index (χ0n) is 11.0. The van der Waals surface area contributed by atoms with Gasteiger partial charge in [0.25, 0.3) is 5.91 Å². The van der Waals surface area contributed by atoms with Gasteiger partial charge >= 0.3 is 0 Å². The second kappa shape index (κ2) is 6.47. The van der Waals surface area contributed by atoms with Crippen LogP contribution < -0.4 is 5.32 Å². The number of hydrogen-bond acceptors (Lipinski definition) is 1. The van der Waals surface area contributed by atoms with E-state index in [9.17, 15) is 13.6 Å². The number of hydrogen-bond donors (Lipinski definition) is 1. The van der Waals surface area contributed by atoms with Gasteiger partial charge in [0.1, 0.15) is 11.6 Å². The fourth-order valence-corrected chi connectivity index (χ4v) is 1.63. The molecule has 1 atom stereocenters. The van der Waals surface area contributed by atoms with Crippen molar-refractivity contribution in [2.75, 3.05) is 0 Å². The number of carbonyl (C=O) groups is 1. The van der Waals surface area contributed by atoms with Gasteiger partial charge < -0.3 is 5.32 Å². The summed E-state index contributed by atoms with van der Waals surface area (Å²) in [6.07, 6.45) is 1.80. The third kappa shape index (κ3) is 4.43. The van der Waals surface area contributed by atoms with Crippen molar-refractivity contribution in [3.63, 3.8) is 0 Å². The Morgan fingerprint density at radius 3 is 2.50 bits per heavy atom. The van der Waals surface area contributed by atoms with Crippen LogP contribution in [-0.4, -0.2) is 11.9 Å². The highest BCUT2D eigenvalue weighted by atomic mass is 19.1. The number of nitrogens with one attached hydrogen (secondary N) is 1. The lowest BCUT2D eigenvalue weighted by Crippen LogP contribution is -2.33. The van der Waals surface area contributed by atoms with Crippen molar-refractivity contribution in [2.24, 2.45) is 5.92 Å². The minimum Gasteiger partial charge on any atom is -0.349 e. The predicted molar refractivity (Wildman–Crippen MR) is 67.4 cm³/mol. The van der Waals surface area contributed by atoms with Gasteiger partial charge in [0, 0.05) is 6.04 Å². The molecular formula is C14H19F2NO. The van der Waals surface area contributed by atoms with Crippen LogP contribution in [0.1, 0.15) is 44.0 Å². The zero-order valence-corrected chi connectivity index (χ0v) is 11.0. The Kier molecular flexibility index (Phi) is 5.25. The van der Waals surface area contributed by atoms with Crippen LogP contribution in [0, 0.1) is 17.6 Å². The van der Waals surface area contributed by atoms with E-state index in [2.05, 4.69) is 19.2 Å². The molecule has 0 radical (unpaired) electrons. The highest BCUT2D eigenvalue weighted by molar-refractivity contribution is 5.94. The Labute approximate surface area is 106 Å². The largest absolute Gasteiger partial charge is 0.349 e. The maximum absolute atomic E-state index is 13.4. The molecule has 0 spiro atoms. The summed E-state index contributed by atoms with van der Waals surface area (Å²) in [6.45, 7) is 6.05. The summed E-state index contributed by atoms with van der Waals surface area (Å²) in [5, 5.41) is 2.67. The summed E-state index contributed by atoms with van der Waals surface area (Å²) in [7, 11) is 0. The normalized spacial score (nSPS) is 12.6. The maximum Gasteiger partial charge on any atom is 0.254 e. The number of carbonyl (C=O) groups excluding carboxylic acids is 1. The third-order valence-corrected chi connectivity index (χ3v) is 2.73. The number of amides is 1. The smallest absolute Gasteiger partial charge is 0.254 e. The van der Waals surface area contributed by atoms with Crippen LogP contribution in [0.3, 0.4) is 0 Å². The summed E-state index contributed by atoms with van der Waals surface area (Å²) in [5.41, 5.74) is -0.244. The molecule has 1 amide bonds. The van der Waals surface area contributed by atoms with Gasteiger partial charge in [-0.15, -0.1) is 0 Å². The van der Waals surface area contributed by atoms with Crippen molar-refractivity contribution < 1.29 is 13.6 Å². The van der Waals surface area contributed by atoms with E-state index < -0.39 is 17.5 Å². The van der Waals surface area contributed by atoms with Crippen molar-refractivity contribution in [2.45, 2.75) is 39.7 Å². The lowest BCUT2D eigenvalue weighted by Gasteiger charge is -2.15. The average Bonchev–Trinajstić information content (AvgIpc) is 2.29. The average molecular weight is 255 g/mol. The molecule has 1 rings (SSSR count). The molecule has 0 bridgehead atoms. The summed E-state index contributed by atoms with van der Waals surface area (Å²) in [4.78, 5) is 11.8. The molecule has 0 aliphatic rings. The Balaban J connectivity index is 2.62. The van der Waals surface area contributed by atoms with E-state index in [4.69, 9.17) is 0 Å². The molecule has 0 aliphatic heterocycles. The molecule has 1 unspecified atom stereocenters. The zero-order chi connectivity index (χ0) is 13.7. The SMILES string of the molecule is CC(C)CCC(C)NC(=O)c1cc(F)ccc1F. The van der Waals surface area contributed by atoms with Gasteiger partial charge in [-0.1, -0.05) is 13.8 Å². The summed E-state index contributed by atoms with van der Waals surface area (Å²) >= 11 is 0. The van der Waals surface area contributed by atoms with Crippen LogP contribution in [0.5, 0.6) is 0 Å². The van der Waals surface area contributed by atoms with Crippen LogP contribution in [0.4, 0.5) is 8.78 Å². The van der Waals surface area contributed by atoms with Gasteiger partial charge in [-0.25, -0.2) is 8.78 Å². The van der Waals surface area contributed by atoms with Crippen molar-refractivity contribution in [1.29, 1.82) is 0 Å². The van der Waals surface area contributed by atoms with E-state index in [1.807, 2.05) is 6.92 Å². The van der Waals surface area contributed by atoms with Gasteiger partial charge in [0.15, 0.2) is 0 Å². The highest BCUT2D eigenvalue weighted by Gasteiger charge is 2.15. The number of halogens is 2. The van der Waals surface area contributed by atoms with Gasteiger partial charge in [0.2, 0.25) is 0 Å². The lowest BCUT2D eigenvalue weighted by atomic mass is 10.0. The van der Waals surface area contributed by atoms with Crippen molar-refractivity contribution in [1.82, 2.24) is 5.32 Å². The molecule has 2 nitrogen and oxygen atoms in total. The third-order valence-electron chi connectivity index (χ3n) is 2.73. The molecule has 1 aromatic carbocycles. The topological polar surface area (TPSA) is 29.1 Å². The first kappa shape index (κ1) is 14.6. The molecular weight excluding hydrogens is 236 g/mol. The van der Waals surface area contributed by atoms with Crippen LogP contribution in [-0.2, 0) is 0 Å². The summed E-state index contributed by atoms with van der Waals surface area (Å²) in [5.74, 6) is -1.33. The van der Waals surface area contributed by atoms with Crippen LogP contribution in [0.25, 0.3) is 0 Å². The van der Waals surface area contributed by atoms with E-state index in [1.54, 1.807) is 0 Å². The molecule has 1 N–H and O–H groups in total. The minimum absolute atomic E-state index is 0.0532. The van der Waals surface area contributed by atoms with E-state index in [0.717, 1.165) is 31.0 Å². The summed E-state index contributed by atoms with van der Waals surface area (Å²) < 4.78 is 26.3. The van der Waals surface area contributed by atoms with Crippen LogP contribution in [0.2, 0.25) is 0 Å². The van der Waals surface area contributed by atoms with Crippen molar-refractivity contribution in [3.8, 4) is 0 Å². The van der Waals surface area contributed by atoms with Gasteiger partial charge in [-0.05, 0) is 43.9 Å². The van der Waals surface area contributed by atoms with Crippen molar-refractivity contribution >= 4 is 5.91 Å². The van der Waals surface area contributed by atoms with E-state index in [1.165, 1.54) is 0 Å². The molecule has 0 aliphatic carbocycles. The predicted octanol–water partition coefficient (Wildman–Crippen LogP) is 3.52. The Morgan fingerprint density at radius 2 is 1.89 bits per heavy atom. The monoisotopic (exact) mass is 255 g/mol. The molecule has 0 fully saturated rings. The van der Waals surface area contributed by atoms with Crippen LogP contribution >= 0.6 is 0 Å². The van der Waals surface area contributed by atoms with Gasteiger partial charge in [-0.2, -0.15) is 0 Å². The van der Waals surface area contributed by atoms with E-state index >= 15 is 0 Å². The maximum atomic E-state index is 13.4. The molecule has 0 saturated carbocycles. The highest BCUT2D eigenvalue weighted by Crippen LogP contribution is 2.11. The second-order valence-electron chi connectivity index (χ2n) is 4.97. The molecule has 4 heteroatoms. The Hall–Kier alpha value is -1.45. The number of benzene rings is 1. The number of rotatable bonds is 5. The first-order valence-corrected chi connectivity index (χ1v) is 6.16. The molecule has 100 valence electrons. The first-order valence-electron chi connectivity index (χ1n) is 6.16. The Morgan fingerprint density at radius 1 is 1.22 bits per heavy atom. The first-order chi connectivity index (χ1) is 8.40. The molecule has 0 saturated heterocycles. The van der Waals surface area contributed by atoms with Gasteiger partial charge in [-0.3, -0.25) is 4.79 Å². The standard InChI is InChI=1S/C14H19F2NO/c1-9(2)4-5-10(3)17-14(18)12-8-11(15)6-7-13(12)16/h6-10H,4-5H2,1-3H3,(H,17,18). The molecule has 0 heterocycles.